The predicted octanol–water partition coefficient (Wildman–Crippen LogP) is 3.81. The molecule has 2 heterocycles. The van der Waals surface area contributed by atoms with Gasteiger partial charge in [0.15, 0.2) is 11.0 Å². The van der Waals surface area contributed by atoms with E-state index in [0.29, 0.717) is 22.4 Å². The van der Waals surface area contributed by atoms with Gasteiger partial charge in [-0.2, -0.15) is 0 Å². The fourth-order valence-electron chi connectivity index (χ4n) is 2.86. The van der Waals surface area contributed by atoms with Gasteiger partial charge in [-0.25, -0.2) is 4.98 Å². The molecule has 2 aromatic carbocycles. The molecule has 1 amide bonds. The van der Waals surface area contributed by atoms with E-state index in [1.165, 1.54) is 24.7 Å². The molecule has 2 aromatic heterocycles. The van der Waals surface area contributed by atoms with Crippen LogP contribution < -0.4 is 10.7 Å². The van der Waals surface area contributed by atoms with E-state index in [9.17, 15) is 9.59 Å². The molecule has 4 aromatic rings. The highest BCUT2D eigenvalue weighted by atomic mass is 16.3. The molecule has 6 heteroatoms. The number of aryl methyl sites for hydroxylation is 1. The molecule has 4 rings (SSSR count). The van der Waals surface area contributed by atoms with E-state index in [-0.39, 0.29) is 11.1 Å². The molecular formula is C21H15N3O3. The van der Waals surface area contributed by atoms with Gasteiger partial charge < -0.3 is 9.73 Å². The third-order valence-corrected chi connectivity index (χ3v) is 4.21. The van der Waals surface area contributed by atoms with Crippen molar-refractivity contribution in [3.8, 4) is 11.3 Å². The first kappa shape index (κ1) is 16.7. The molecule has 0 fully saturated rings. The molecule has 0 radical (unpaired) electrons. The zero-order valence-electron chi connectivity index (χ0n) is 14.5. The third kappa shape index (κ3) is 3.20. The number of benzene rings is 2. The van der Waals surface area contributed by atoms with Gasteiger partial charge in [-0.3, -0.25) is 14.6 Å². The van der Waals surface area contributed by atoms with Crippen molar-refractivity contribution >= 4 is 22.6 Å². The van der Waals surface area contributed by atoms with Crippen LogP contribution in [-0.2, 0) is 0 Å². The Morgan fingerprint density at radius 3 is 2.70 bits per heavy atom. The normalized spacial score (nSPS) is 10.7. The summed E-state index contributed by atoms with van der Waals surface area (Å²) in [4.78, 5) is 32.9. The lowest BCUT2D eigenvalue weighted by Crippen LogP contribution is -2.14. The Balaban J connectivity index is 1.83. The average molecular weight is 357 g/mol. The zero-order chi connectivity index (χ0) is 18.8. The van der Waals surface area contributed by atoms with E-state index in [1.807, 2.05) is 31.2 Å². The minimum atomic E-state index is -0.431. The molecule has 0 aliphatic heterocycles. The van der Waals surface area contributed by atoms with Crippen molar-refractivity contribution in [2.75, 3.05) is 5.32 Å². The monoisotopic (exact) mass is 357 g/mol. The van der Waals surface area contributed by atoms with Crippen LogP contribution in [0.1, 0.15) is 16.1 Å². The second-order valence-corrected chi connectivity index (χ2v) is 6.02. The highest BCUT2D eigenvalue weighted by Gasteiger charge is 2.14. The number of nitrogens with one attached hydrogen (secondary N) is 1. The first-order valence-electron chi connectivity index (χ1n) is 8.34. The van der Waals surface area contributed by atoms with E-state index in [1.54, 1.807) is 18.2 Å². The van der Waals surface area contributed by atoms with Crippen LogP contribution >= 0.6 is 0 Å². The number of carbonyl (C=O) groups is 1. The summed E-state index contributed by atoms with van der Waals surface area (Å²) in [5, 5.41) is 3.14. The third-order valence-electron chi connectivity index (χ3n) is 4.21. The molecule has 0 aliphatic carbocycles. The van der Waals surface area contributed by atoms with E-state index < -0.39 is 5.91 Å². The molecule has 0 saturated heterocycles. The van der Waals surface area contributed by atoms with Crippen LogP contribution in [0, 0.1) is 6.92 Å². The van der Waals surface area contributed by atoms with Gasteiger partial charge in [0.1, 0.15) is 11.5 Å². The fourth-order valence-corrected chi connectivity index (χ4v) is 2.86. The van der Waals surface area contributed by atoms with Crippen molar-refractivity contribution in [2.45, 2.75) is 6.92 Å². The maximum Gasteiger partial charge on any atom is 0.275 e. The standard InChI is InChI=1S/C21H15N3O3/c1-13-5-2-3-6-14(13)19-11-18(25)15-7-4-8-16(20(15)27-19)24-21(26)17-12-22-9-10-23-17/h2-12H,1H3,(H,24,26). The lowest BCUT2D eigenvalue weighted by molar-refractivity contribution is 0.102. The Bertz CT molecular complexity index is 1200. The average Bonchev–Trinajstić information content (AvgIpc) is 2.69. The number of anilines is 1. The van der Waals surface area contributed by atoms with Crippen LogP contribution in [0.2, 0.25) is 0 Å². The lowest BCUT2D eigenvalue weighted by Gasteiger charge is -2.10. The summed E-state index contributed by atoms with van der Waals surface area (Å²) >= 11 is 0. The molecule has 0 saturated carbocycles. The van der Waals surface area contributed by atoms with Gasteiger partial charge in [0.05, 0.1) is 17.3 Å². The Labute approximate surface area is 154 Å². The lowest BCUT2D eigenvalue weighted by atomic mass is 10.1. The minimum Gasteiger partial charge on any atom is -0.454 e. The van der Waals surface area contributed by atoms with Gasteiger partial charge in [0.25, 0.3) is 5.91 Å². The second-order valence-electron chi connectivity index (χ2n) is 6.02. The van der Waals surface area contributed by atoms with Crippen LogP contribution in [0.25, 0.3) is 22.3 Å². The van der Waals surface area contributed by atoms with Gasteiger partial charge in [-0.1, -0.05) is 30.3 Å². The van der Waals surface area contributed by atoms with E-state index in [4.69, 9.17) is 4.42 Å². The molecule has 1 N–H and O–H groups in total. The number of amides is 1. The number of hydrogen-bond acceptors (Lipinski definition) is 5. The topological polar surface area (TPSA) is 85.1 Å². The molecule has 27 heavy (non-hydrogen) atoms. The highest BCUT2D eigenvalue weighted by Crippen LogP contribution is 2.28. The molecule has 0 bridgehead atoms. The molecule has 0 unspecified atom stereocenters. The number of aromatic nitrogens is 2. The number of fused-ring (bicyclic) bond motifs is 1. The quantitative estimate of drug-likeness (QED) is 0.603. The minimum absolute atomic E-state index is 0.173. The van der Waals surface area contributed by atoms with Crippen molar-refractivity contribution < 1.29 is 9.21 Å². The first-order valence-corrected chi connectivity index (χ1v) is 8.34. The van der Waals surface area contributed by atoms with Crippen molar-refractivity contribution in [3.05, 3.63) is 88.6 Å². The van der Waals surface area contributed by atoms with Crippen molar-refractivity contribution in [1.29, 1.82) is 0 Å². The molecule has 6 nitrogen and oxygen atoms in total. The highest BCUT2D eigenvalue weighted by molar-refractivity contribution is 6.06. The fraction of sp³-hybridized carbons (Fsp3) is 0.0476. The van der Waals surface area contributed by atoms with Crippen LogP contribution in [0.15, 0.2) is 76.3 Å². The van der Waals surface area contributed by atoms with Gasteiger partial charge >= 0.3 is 0 Å². The van der Waals surface area contributed by atoms with Gasteiger partial charge in [0.2, 0.25) is 0 Å². The van der Waals surface area contributed by atoms with E-state index in [2.05, 4.69) is 15.3 Å². The van der Waals surface area contributed by atoms with Crippen LogP contribution in [-0.4, -0.2) is 15.9 Å². The summed E-state index contributed by atoms with van der Waals surface area (Å²) in [6, 6.07) is 14.2. The summed E-state index contributed by atoms with van der Waals surface area (Å²) in [5.74, 6) is 0.0198. The molecule has 0 atom stereocenters. The molecular weight excluding hydrogens is 342 g/mol. The largest absolute Gasteiger partial charge is 0.454 e. The van der Waals surface area contributed by atoms with E-state index >= 15 is 0 Å². The predicted molar refractivity (Wildman–Crippen MR) is 103 cm³/mol. The zero-order valence-corrected chi connectivity index (χ0v) is 14.5. The summed E-state index contributed by atoms with van der Waals surface area (Å²) in [5.41, 5.74) is 2.53. The molecule has 132 valence electrons. The summed E-state index contributed by atoms with van der Waals surface area (Å²) < 4.78 is 6.03. The van der Waals surface area contributed by atoms with Gasteiger partial charge in [-0.05, 0) is 24.6 Å². The van der Waals surface area contributed by atoms with Gasteiger partial charge in [-0.15, -0.1) is 0 Å². The Hall–Kier alpha value is -3.80. The maximum atomic E-state index is 12.6. The number of nitrogens with zero attached hydrogens (tertiary/aromatic N) is 2. The number of rotatable bonds is 3. The van der Waals surface area contributed by atoms with Crippen LogP contribution in [0.5, 0.6) is 0 Å². The van der Waals surface area contributed by atoms with Crippen molar-refractivity contribution in [1.82, 2.24) is 9.97 Å². The molecule has 0 spiro atoms. The summed E-state index contributed by atoms with van der Waals surface area (Å²) in [6.45, 7) is 1.95. The van der Waals surface area contributed by atoms with Crippen molar-refractivity contribution in [3.63, 3.8) is 0 Å². The number of carbonyl (C=O) groups excluding carboxylic acids is 1. The van der Waals surface area contributed by atoms with E-state index in [0.717, 1.165) is 11.1 Å². The maximum absolute atomic E-state index is 12.6. The van der Waals surface area contributed by atoms with Gasteiger partial charge in [0, 0.05) is 24.0 Å². The molecule has 0 aliphatic rings. The number of para-hydroxylation sites is 1. The SMILES string of the molecule is Cc1ccccc1-c1cc(=O)c2cccc(NC(=O)c3cnccn3)c2o1. The van der Waals surface area contributed by atoms with Crippen LogP contribution in [0.4, 0.5) is 5.69 Å². The Morgan fingerprint density at radius 2 is 1.93 bits per heavy atom. The van der Waals surface area contributed by atoms with Crippen molar-refractivity contribution in [2.24, 2.45) is 0 Å². The summed E-state index contributed by atoms with van der Waals surface area (Å²) in [7, 11) is 0. The smallest absolute Gasteiger partial charge is 0.275 e. The Kier molecular flexibility index (Phi) is 4.22. The summed E-state index contributed by atoms with van der Waals surface area (Å²) in [6.07, 6.45) is 4.30. The Morgan fingerprint density at radius 1 is 1.07 bits per heavy atom. The first-order chi connectivity index (χ1) is 13.1. The second kappa shape index (κ2) is 6.84. The van der Waals surface area contributed by atoms with Crippen LogP contribution in [0.3, 0.4) is 0 Å². The number of hydrogen-bond donors (Lipinski definition) is 1.